The maximum absolute atomic E-state index is 13.3. The predicted molar refractivity (Wildman–Crippen MR) is 84.4 cm³/mol. The average Bonchev–Trinajstić information content (AvgIpc) is 3.23. The summed E-state index contributed by atoms with van der Waals surface area (Å²) in [4.78, 5) is 13.3. The van der Waals surface area contributed by atoms with E-state index in [-0.39, 0.29) is 5.41 Å². The topological polar surface area (TPSA) is 35.5 Å². The van der Waals surface area contributed by atoms with Crippen molar-refractivity contribution < 1.29 is 14.3 Å². The van der Waals surface area contributed by atoms with Crippen molar-refractivity contribution in [1.29, 1.82) is 0 Å². The van der Waals surface area contributed by atoms with Crippen LogP contribution >= 0.6 is 0 Å². The summed E-state index contributed by atoms with van der Waals surface area (Å²) in [5.74, 6) is 3.55. The van der Waals surface area contributed by atoms with Crippen molar-refractivity contribution in [2.24, 2.45) is 17.8 Å². The van der Waals surface area contributed by atoms with Gasteiger partial charge in [0.05, 0.1) is 19.6 Å². The van der Waals surface area contributed by atoms with E-state index in [9.17, 15) is 4.79 Å². The first-order valence-electron chi connectivity index (χ1n) is 8.49. The molecule has 0 N–H and O–H groups in total. The highest BCUT2D eigenvalue weighted by atomic mass is 16.5. The largest absolute Gasteiger partial charge is 0.497 e. The lowest BCUT2D eigenvalue weighted by atomic mass is 9.71. The third-order valence-corrected chi connectivity index (χ3v) is 6.47. The van der Waals surface area contributed by atoms with Gasteiger partial charge < -0.3 is 9.47 Å². The number of Topliss-reactive ketones (excluding diaryl/α,β-unsaturated/α-hetero) is 1. The molecule has 0 bridgehead atoms. The number of carbonyl (C=O) groups excluding carboxylic acids is 1. The van der Waals surface area contributed by atoms with Gasteiger partial charge in [-0.2, -0.15) is 0 Å². The Kier molecular flexibility index (Phi) is 3.21. The number of ketones is 1. The zero-order chi connectivity index (χ0) is 15.3. The van der Waals surface area contributed by atoms with Crippen LogP contribution in [-0.2, 0) is 10.2 Å². The monoisotopic (exact) mass is 300 g/mol. The Bertz CT molecular complexity index is 609. The van der Waals surface area contributed by atoms with E-state index in [4.69, 9.17) is 9.47 Å². The molecule has 0 saturated heterocycles. The number of ether oxygens (including phenoxy) is 2. The maximum Gasteiger partial charge on any atom is 0.147 e. The highest BCUT2D eigenvalue weighted by molar-refractivity contribution is 5.96. The fourth-order valence-electron chi connectivity index (χ4n) is 5.68. The molecule has 3 aliphatic carbocycles. The fourth-order valence-corrected chi connectivity index (χ4v) is 5.68. The van der Waals surface area contributed by atoms with Crippen molar-refractivity contribution in [1.82, 2.24) is 0 Å². The first kappa shape index (κ1) is 14.1. The van der Waals surface area contributed by atoms with Gasteiger partial charge in [0.25, 0.3) is 0 Å². The molecule has 0 radical (unpaired) electrons. The van der Waals surface area contributed by atoms with Crippen LogP contribution in [0.1, 0.15) is 44.1 Å². The van der Waals surface area contributed by atoms with E-state index in [0.29, 0.717) is 23.5 Å². The first-order chi connectivity index (χ1) is 10.7. The number of rotatable bonds is 3. The van der Waals surface area contributed by atoms with Crippen molar-refractivity contribution in [2.75, 3.05) is 14.2 Å². The van der Waals surface area contributed by atoms with Crippen LogP contribution < -0.4 is 9.47 Å². The van der Waals surface area contributed by atoms with Crippen molar-refractivity contribution in [3.63, 3.8) is 0 Å². The van der Waals surface area contributed by atoms with Crippen LogP contribution in [0.5, 0.6) is 11.5 Å². The van der Waals surface area contributed by atoms with E-state index in [1.54, 1.807) is 14.2 Å². The third kappa shape index (κ3) is 1.65. The molecule has 3 fully saturated rings. The molecule has 0 unspecified atom stereocenters. The molecular formula is C19H24O3. The van der Waals surface area contributed by atoms with Gasteiger partial charge in [0, 0.05) is 17.5 Å². The third-order valence-electron chi connectivity index (χ3n) is 6.47. The quantitative estimate of drug-likeness (QED) is 0.853. The molecule has 4 atom stereocenters. The number of carbonyl (C=O) groups is 1. The molecule has 4 rings (SSSR count). The summed E-state index contributed by atoms with van der Waals surface area (Å²) in [5.41, 5.74) is 0.825. The lowest BCUT2D eigenvalue weighted by molar-refractivity contribution is -0.125. The van der Waals surface area contributed by atoms with Gasteiger partial charge in [-0.25, -0.2) is 0 Å². The molecule has 0 aliphatic heterocycles. The summed E-state index contributed by atoms with van der Waals surface area (Å²) >= 11 is 0. The van der Waals surface area contributed by atoms with Gasteiger partial charge in [-0.05, 0) is 43.6 Å². The Morgan fingerprint density at radius 2 is 1.95 bits per heavy atom. The van der Waals surface area contributed by atoms with Gasteiger partial charge in [0.1, 0.15) is 17.3 Å². The molecule has 0 spiro atoms. The molecule has 0 heterocycles. The Morgan fingerprint density at radius 1 is 1.09 bits per heavy atom. The molecule has 3 heteroatoms. The van der Waals surface area contributed by atoms with Crippen molar-refractivity contribution in [2.45, 2.75) is 43.9 Å². The highest BCUT2D eigenvalue weighted by Crippen LogP contribution is 2.63. The van der Waals surface area contributed by atoms with E-state index in [1.165, 1.54) is 19.3 Å². The molecule has 1 aromatic rings. The van der Waals surface area contributed by atoms with Gasteiger partial charge >= 0.3 is 0 Å². The lowest BCUT2D eigenvalue weighted by Gasteiger charge is -2.32. The molecular weight excluding hydrogens is 276 g/mol. The van der Waals surface area contributed by atoms with E-state index < -0.39 is 0 Å². The average molecular weight is 300 g/mol. The minimum absolute atomic E-state index is 0.284. The molecule has 3 nitrogen and oxygen atoms in total. The summed E-state index contributed by atoms with van der Waals surface area (Å²) in [6.45, 7) is 0. The summed E-state index contributed by atoms with van der Waals surface area (Å²) in [6, 6.07) is 5.99. The summed E-state index contributed by atoms with van der Waals surface area (Å²) in [5, 5.41) is 0. The summed E-state index contributed by atoms with van der Waals surface area (Å²) < 4.78 is 11.0. The molecule has 118 valence electrons. The van der Waals surface area contributed by atoms with Gasteiger partial charge in [0.2, 0.25) is 0 Å². The molecule has 0 aromatic heterocycles. The maximum atomic E-state index is 13.3. The summed E-state index contributed by atoms with van der Waals surface area (Å²) in [6.07, 6.45) is 6.91. The number of hydrogen-bond acceptors (Lipinski definition) is 3. The van der Waals surface area contributed by atoms with Crippen molar-refractivity contribution in [3.05, 3.63) is 23.8 Å². The Hall–Kier alpha value is -1.51. The van der Waals surface area contributed by atoms with Crippen LogP contribution in [-0.4, -0.2) is 20.0 Å². The molecule has 3 aliphatic rings. The summed E-state index contributed by atoms with van der Waals surface area (Å²) in [7, 11) is 3.36. The van der Waals surface area contributed by atoms with Crippen LogP contribution in [0.15, 0.2) is 18.2 Å². The van der Waals surface area contributed by atoms with E-state index in [2.05, 4.69) is 6.07 Å². The first-order valence-corrected chi connectivity index (χ1v) is 8.49. The van der Waals surface area contributed by atoms with E-state index in [0.717, 1.165) is 36.3 Å². The van der Waals surface area contributed by atoms with E-state index >= 15 is 0 Å². The van der Waals surface area contributed by atoms with Crippen LogP contribution in [0.2, 0.25) is 0 Å². The second-order valence-electron chi connectivity index (χ2n) is 7.10. The zero-order valence-corrected chi connectivity index (χ0v) is 13.4. The second kappa shape index (κ2) is 5.00. The normalized spacial score (nSPS) is 36.3. The molecule has 3 saturated carbocycles. The van der Waals surface area contributed by atoms with Crippen LogP contribution in [0.3, 0.4) is 0 Å². The molecule has 0 amide bonds. The standard InChI is InChI=1S/C19H24O3/c1-21-12-8-9-16(17(11-12)22-2)19-10-4-7-15(19)13-5-3-6-14(13)18(19)20/h8-9,11,13-15H,3-7,10H2,1-2H3/t13-,14-,15+,19+/m1/s1. The number of fused-ring (bicyclic) bond motifs is 3. The van der Waals surface area contributed by atoms with Gasteiger partial charge in [-0.1, -0.05) is 18.9 Å². The van der Waals surface area contributed by atoms with Gasteiger partial charge in [-0.15, -0.1) is 0 Å². The Labute approximate surface area is 132 Å². The number of benzene rings is 1. The van der Waals surface area contributed by atoms with E-state index in [1.807, 2.05) is 12.1 Å². The van der Waals surface area contributed by atoms with Crippen LogP contribution in [0.25, 0.3) is 0 Å². The van der Waals surface area contributed by atoms with Crippen LogP contribution in [0.4, 0.5) is 0 Å². The predicted octanol–water partition coefficient (Wildman–Crippen LogP) is 3.74. The highest BCUT2D eigenvalue weighted by Gasteiger charge is 2.63. The van der Waals surface area contributed by atoms with Crippen molar-refractivity contribution >= 4 is 5.78 Å². The number of hydrogen-bond donors (Lipinski definition) is 0. The second-order valence-corrected chi connectivity index (χ2v) is 7.10. The van der Waals surface area contributed by atoms with Crippen molar-refractivity contribution in [3.8, 4) is 11.5 Å². The molecule has 22 heavy (non-hydrogen) atoms. The molecule has 1 aromatic carbocycles. The fraction of sp³-hybridized carbons (Fsp3) is 0.632. The number of methoxy groups -OCH3 is 2. The minimum atomic E-state index is -0.284. The van der Waals surface area contributed by atoms with Gasteiger partial charge in [-0.3, -0.25) is 4.79 Å². The van der Waals surface area contributed by atoms with Gasteiger partial charge in [0.15, 0.2) is 0 Å². The minimum Gasteiger partial charge on any atom is -0.497 e. The smallest absolute Gasteiger partial charge is 0.147 e. The Morgan fingerprint density at radius 3 is 2.73 bits per heavy atom. The zero-order valence-electron chi connectivity index (χ0n) is 13.4. The SMILES string of the molecule is COc1ccc([C@]23CCC[C@H]2[C@@H]2CCC[C@H]2C3=O)c(OC)c1. The lowest BCUT2D eigenvalue weighted by Crippen LogP contribution is -2.36. The van der Waals surface area contributed by atoms with Crippen LogP contribution in [0, 0.1) is 17.8 Å². The Balaban J connectivity index is 1.85.